The van der Waals surface area contributed by atoms with Gasteiger partial charge in [-0.3, -0.25) is 19.6 Å². The molecule has 0 saturated carbocycles. The number of carbonyl (C=O) groups is 3. The molecular formula is C37H41Cl3N6O4S2. The molecule has 52 heavy (non-hydrogen) atoms. The number of alkyl carbamates (subject to hydrolysis) is 1. The van der Waals surface area contributed by atoms with Gasteiger partial charge in [0.1, 0.15) is 5.60 Å². The van der Waals surface area contributed by atoms with E-state index < -0.39 is 17.7 Å². The summed E-state index contributed by atoms with van der Waals surface area (Å²) in [4.78, 5) is 45.0. The summed E-state index contributed by atoms with van der Waals surface area (Å²) in [5.41, 5.74) is 8.76. The molecule has 2 aromatic carbocycles. The lowest BCUT2D eigenvalue weighted by molar-refractivity contribution is -0.117. The normalized spacial score (nSPS) is 11.6. The van der Waals surface area contributed by atoms with Crippen molar-refractivity contribution in [2.75, 3.05) is 10.6 Å². The number of benzene rings is 2. The molecule has 6 rings (SSSR count). The maximum absolute atomic E-state index is 12.6. The average molecular weight is 804 g/mol. The third-order valence-corrected chi connectivity index (χ3v) is 8.65. The molecule has 10 nitrogen and oxygen atoms in total. The number of aromatic nitrogens is 2. The quantitative estimate of drug-likeness (QED) is 0.114. The fraction of sp³-hybridized carbons (Fsp3) is 0.216. The Balaban J connectivity index is 0.000000352. The zero-order chi connectivity index (χ0) is 34.8. The van der Waals surface area contributed by atoms with Crippen molar-refractivity contribution in [2.45, 2.75) is 51.3 Å². The minimum absolute atomic E-state index is 0. The van der Waals surface area contributed by atoms with E-state index in [1.807, 2.05) is 82.2 Å². The van der Waals surface area contributed by atoms with Crippen molar-refractivity contribution in [2.24, 2.45) is 5.73 Å². The molecule has 0 saturated heterocycles. The first-order valence-electron chi connectivity index (χ1n) is 15.6. The summed E-state index contributed by atoms with van der Waals surface area (Å²) in [6.45, 7) is 5.40. The van der Waals surface area contributed by atoms with Gasteiger partial charge in [-0.2, -0.15) is 22.7 Å². The Bertz CT molecular complexity index is 2030. The minimum Gasteiger partial charge on any atom is -0.444 e. The lowest BCUT2D eigenvalue weighted by Crippen LogP contribution is -2.36. The fourth-order valence-corrected chi connectivity index (χ4v) is 6.35. The summed E-state index contributed by atoms with van der Waals surface area (Å²) in [7, 11) is 0. The molecule has 0 spiro atoms. The Hall–Kier alpha value is -4.30. The Labute approximate surface area is 329 Å². The molecule has 0 fully saturated rings. The van der Waals surface area contributed by atoms with Crippen molar-refractivity contribution in [1.82, 2.24) is 15.3 Å². The first-order chi connectivity index (χ1) is 23.5. The van der Waals surface area contributed by atoms with Crippen LogP contribution >= 0.6 is 59.9 Å². The van der Waals surface area contributed by atoms with Gasteiger partial charge in [-0.25, -0.2) is 4.79 Å². The Morgan fingerprint density at radius 1 is 0.712 bits per heavy atom. The first kappa shape index (κ1) is 43.9. The Morgan fingerprint density at radius 2 is 1.21 bits per heavy atom. The van der Waals surface area contributed by atoms with Gasteiger partial charge < -0.3 is 26.4 Å². The van der Waals surface area contributed by atoms with E-state index in [2.05, 4.69) is 25.9 Å². The Kier molecular flexibility index (Phi) is 17.4. The number of carbonyl (C=O) groups excluding carboxylic acids is 3. The van der Waals surface area contributed by atoms with Gasteiger partial charge in [0.25, 0.3) is 0 Å². The molecule has 0 bridgehead atoms. The second-order valence-corrected chi connectivity index (χ2v) is 13.9. The molecule has 2 atom stereocenters. The zero-order valence-electron chi connectivity index (χ0n) is 28.6. The van der Waals surface area contributed by atoms with Gasteiger partial charge in [0.05, 0.1) is 12.5 Å². The van der Waals surface area contributed by atoms with E-state index in [9.17, 15) is 14.4 Å². The number of rotatable bonds is 9. The van der Waals surface area contributed by atoms with Crippen LogP contribution in [0.5, 0.6) is 0 Å². The van der Waals surface area contributed by atoms with Gasteiger partial charge in [-0.15, -0.1) is 37.2 Å². The number of ether oxygens (including phenoxy) is 1. The van der Waals surface area contributed by atoms with Gasteiger partial charge in [0.15, 0.2) is 0 Å². The van der Waals surface area contributed by atoms with Crippen molar-refractivity contribution in [3.63, 3.8) is 0 Å². The summed E-state index contributed by atoms with van der Waals surface area (Å²) >= 11 is 3.09. The number of pyridine rings is 2. The van der Waals surface area contributed by atoms with Crippen LogP contribution in [0.1, 0.15) is 56.8 Å². The molecule has 0 aliphatic heterocycles. The monoisotopic (exact) mass is 802 g/mol. The number of hydrogen-bond donors (Lipinski definition) is 4. The van der Waals surface area contributed by atoms with E-state index in [1.165, 1.54) is 11.3 Å². The fourth-order valence-electron chi connectivity index (χ4n) is 4.91. The summed E-state index contributed by atoms with van der Waals surface area (Å²) in [5.74, 6) is -0.275. The highest BCUT2D eigenvalue weighted by molar-refractivity contribution is 7.08. The number of nitrogens with one attached hydrogen (secondary N) is 3. The molecule has 3 amide bonds. The van der Waals surface area contributed by atoms with Crippen LogP contribution in [0.3, 0.4) is 0 Å². The van der Waals surface area contributed by atoms with Crippen LogP contribution in [0.15, 0.2) is 107 Å². The first-order valence-corrected chi connectivity index (χ1v) is 17.5. The average Bonchev–Trinajstić information content (AvgIpc) is 3.80. The number of thiophene rings is 2. The van der Waals surface area contributed by atoms with Gasteiger partial charge in [0.2, 0.25) is 11.8 Å². The number of halogens is 3. The number of amides is 3. The predicted molar refractivity (Wildman–Crippen MR) is 219 cm³/mol. The van der Waals surface area contributed by atoms with Crippen LogP contribution in [-0.2, 0) is 14.3 Å². The van der Waals surface area contributed by atoms with Crippen LogP contribution in [0, 0.1) is 0 Å². The van der Waals surface area contributed by atoms with Crippen molar-refractivity contribution >= 4 is 111 Å². The highest BCUT2D eigenvalue weighted by atomic mass is 35.5. The third-order valence-electron chi connectivity index (χ3n) is 7.25. The van der Waals surface area contributed by atoms with Crippen LogP contribution in [-0.4, -0.2) is 33.5 Å². The predicted octanol–water partition coefficient (Wildman–Crippen LogP) is 9.48. The van der Waals surface area contributed by atoms with Crippen LogP contribution in [0.25, 0.3) is 21.5 Å². The van der Waals surface area contributed by atoms with E-state index in [-0.39, 0.29) is 67.9 Å². The number of nitrogens with two attached hydrogens (primary N) is 1. The molecular weight excluding hydrogens is 763 g/mol. The highest BCUT2D eigenvalue weighted by Crippen LogP contribution is 2.24. The number of fused-ring (bicyclic) bond motifs is 2. The molecule has 276 valence electrons. The zero-order valence-corrected chi connectivity index (χ0v) is 32.7. The van der Waals surface area contributed by atoms with E-state index in [1.54, 1.807) is 56.9 Å². The molecule has 5 N–H and O–H groups in total. The van der Waals surface area contributed by atoms with Crippen molar-refractivity contribution in [3.05, 3.63) is 118 Å². The molecule has 0 aliphatic carbocycles. The van der Waals surface area contributed by atoms with Gasteiger partial charge in [-0.1, -0.05) is 12.1 Å². The molecule has 4 aromatic heterocycles. The smallest absolute Gasteiger partial charge is 0.408 e. The third kappa shape index (κ3) is 13.4. The summed E-state index contributed by atoms with van der Waals surface area (Å²) < 4.78 is 5.33. The van der Waals surface area contributed by atoms with Gasteiger partial charge in [0, 0.05) is 59.4 Å². The molecule has 2 unspecified atom stereocenters. The van der Waals surface area contributed by atoms with Crippen LogP contribution in [0.2, 0.25) is 0 Å². The molecule has 6 aromatic rings. The topological polar surface area (TPSA) is 148 Å². The van der Waals surface area contributed by atoms with Gasteiger partial charge in [-0.05, 0) is 113 Å². The summed E-state index contributed by atoms with van der Waals surface area (Å²) in [5, 5.41) is 20.4. The van der Waals surface area contributed by atoms with Crippen molar-refractivity contribution in [1.29, 1.82) is 0 Å². The van der Waals surface area contributed by atoms with E-state index in [0.29, 0.717) is 5.69 Å². The summed E-state index contributed by atoms with van der Waals surface area (Å²) in [6.07, 6.45) is 6.85. The van der Waals surface area contributed by atoms with Crippen molar-refractivity contribution in [3.8, 4) is 0 Å². The largest absolute Gasteiger partial charge is 0.444 e. The lowest BCUT2D eigenvalue weighted by Gasteiger charge is -2.23. The van der Waals surface area contributed by atoms with E-state index in [4.69, 9.17) is 10.5 Å². The second-order valence-electron chi connectivity index (χ2n) is 12.3. The standard InChI is InChI=1S/C21H23N3O3S.C16H15N3OS.3ClH/c1-21(2,3)27-20(26)24-18(16-7-9-28-13-16)11-19(25)23-17-5-4-15-12-22-8-6-14(15)10-17;17-15(13-4-6-21-10-13)8-16(20)19-14-2-1-12-9-18-5-3-11(12)7-14;;;/h4-10,12-13,18H,11H2,1-3H3,(H,23,25)(H,24,26);1-7,9-10,15H,8,17H2,(H,19,20);3*1H. The second kappa shape index (κ2) is 20.7. The van der Waals surface area contributed by atoms with Crippen molar-refractivity contribution < 1.29 is 19.1 Å². The van der Waals surface area contributed by atoms with E-state index in [0.717, 1.165) is 38.4 Å². The SMILES string of the molecule is CC(C)(C)OC(=O)NC(CC(=O)Nc1ccc2cnccc2c1)c1ccsc1.Cl.Cl.Cl.NC(CC(=O)Nc1ccc2cnccc2c1)c1ccsc1. The maximum Gasteiger partial charge on any atom is 0.408 e. The Morgan fingerprint density at radius 3 is 1.69 bits per heavy atom. The molecule has 4 heterocycles. The maximum atomic E-state index is 12.6. The minimum atomic E-state index is -0.606. The van der Waals surface area contributed by atoms with Gasteiger partial charge >= 0.3 is 6.09 Å². The number of anilines is 2. The molecule has 15 heteroatoms. The van der Waals surface area contributed by atoms with Crippen LogP contribution in [0.4, 0.5) is 16.2 Å². The summed E-state index contributed by atoms with van der Waals surface area (Å²) in [6, 6.07) is 18.3. The lowest BCUT2D eigenvalue weighted by atomic mass is 10.1. The molecule has 0 aliphatic rings. The van der Waals surface area contributed by atoms with E-state index >= 15 is 0 Å². The van der Waals surface area contributed by atoms with Crippen LogP contribution < -0.4 is 21.7 Å². The molecule has 0 radical (unpaired) electrons. The number of hydrogen-bond acceptors (Lipinski definition) is 9. The number of nitrogens with zero attached hydrogens (tertiary/aromatic N) is 2. The highest BCUT2D eigenvalue weighted by Gasteiger charge is 2.23.